The summed E-state index contributed by atoms with van der Waals surface area (Å²) in [6.07, 6.45) is 30.0. The quantitative estimate of drug-likeness (QED) is 0.0225. The van der Waals surface area contributed by atoms with E-state index in [2.05, 4.69) is 78.8 Å². The van der Waals surface area contributed by atoms with E-state index < -0.39 is 59.8 Å². The lowest BCUT2D eigenvalue weighted by molar-refractivity contribution is -0.301. The number of ether oxygens (including phenoxy) is 4. The normalized spacial score (nSPS) is 21.8. The van der Waals surface area contributed by atoms with Crippen LogP contribution in [0.4, 0.5) is 0 Å². The molecule has 1 aliphatic heterocycles. The number of hydrogen-bond acceptors (Lipinski definition) is 11. The lowest BCUT2D eigenvalue weighted by Crippen LogP contribution is -2.60. The van der Waals surface area contributed by atoms with Crippen molar-refractivity contribution in [2.24, 2.45) is 0 Å². The molecule has 12 nitrogen and oxygen atoms in total. The molecule has 0 aromatic heterocycles. The number of aliphatic hydroxyl groups excluding tert-OH is 3. The fraction of sp³-hybridized carbons (Fsp3) is 0.732. The Labute approximate surface area is 325 Å². The van der Waals surface area contributed by atoms with Gasteiger partial charge in [-0.3, -0.25) is 9.35 Å². The van der Waals surface area contributed by atoms with Gasteiger partial charge in [0.05, 0.1) is 19.8 Å². The summed E-state index contributed by atoms with van der Waals surface area (Å²) in [5.74, 6) is -0.424. The van der Waals surface area contributed by atoms with Gasteiger partial charge in [0, 0.05) is 13.0 Å². The number of hydrogen-bond donors (Lipinski definition) is 4. The Morgan fingerprint density at radius 2 is 1.28 bits per heavy atom. The van der Waals surface area contributed by atoms with E-state index >= 15 is 0 Å². The number of carbonyl (C=O) groups excluding carboxylic acids is 1. The minimum Gasteiger partial charge on any atom is -0.457 e. The molecular weight excluding hydrogens is 717 g/mol. The molecule has 4 N–H and O–H groups in total. The van der Waals surface area contributed by atoms with Crippen LogP contribution in [-0.2, 0) is 38.3 Å². The van der Waals surface area contributed by atoms with E-state index in [-0.39, 0.29) is 19.6 Å². The molecule has 0 radical (unpaired) electrons. The highest BCUT2D eigenvalue weighted by molar-refractivity contribution is 7.80. The molecule has 1 heterocycles. The first-order valence-electron chi connectivity index (χ1n) is 20.0. The SMILES string of the molecule is CC/C=C\C/C=C\C/C=C\C/C=C\C/C=C\CCCCCCCC(=O)OC(COCCCCCCCC)COC1OC(CO)C(O)C(OS(=O)(=O)O)C1O. The molecule has 13 heteroatoms. The first kappa shape index (κ1) is 49.8. The third kappa shape index (κ3) is 26.6. The monoisotopic (exact) mass is 786 g/mol. The Morgan fingerprint density at radius 3 is 1.87 bits per heavy atom. The van der Waals surface area contributed by atoms with Crippen LogP contribution in [0, 0.1) is 0 Å². The Bertz CT molecular complexity index is 1180. The zero-order chi connectivity index (χ0) is 39.7. The van der Waals surface area contributed by atoms with Gasteiger partial charge in [-0.1, -0.05) is 126 Å². The molecular formula is C41H70O12S. The van der Waals surface area contributed by atoms with Crippen molar-refractivity contribution in [3.63, 3.8) is 0 Å². The Kier molecular flexibility index (Phi) is 30.4. The van der Waals surface area contributed by atoms with Crippen LogP contribution in [0.3, 0.4) is 0 Å². The summed E-state index contributed by atoms with van der Waals surface area (Å²) in [7, 11) is -5.06. The molecule has 1 aliphatic rings. The van der Waals surface area contributed by atoms with Crippen molar-refractivity contribution >= 4 is 16.4 Å². The van der Waals surface area contributed by atoms with Crippen molar-refractivity contribution in [3.05, 3.63) is 60.8 Å². The van der Waals surface area contributed by atoms with Gasteiger partial charge in [-0.05, 0) is 57.8 Å². The molecule has 312 valence electrons. The summed E-state index contributed by atoms with van der Waals surface area (Å²) in [6, 6.07) is 0. The zero-order valence-corrected chi connectivity index (χ0v) is 33.6. The maximum absolute atomic E-state index is 12.7. The summed E-state index contributed by atoms with van der Waals surface area (Å²) in [5, 5.41) is 30.5. The number of aliphatic hydroxyl groups is 3. The molecule has 1 fully saturated rings. The zero-order valence-electron chi connectivity index (χ0n) is 32.8. The van der Waals surface area contributed by atoms with Crippen LogP contribution in [-0.4, -0.2) is 97.5 Å². The van der Waals surface area contributed by atoms with Crippen LogP contribution in [0.2, 0.25) is 0 Å². The molecule has 1 saturated heterocycles. The van der Waals surface area contributed by atoms with E-state index in [1.807, 2.05) is 0 Å². The van der Waals surface area contributed by atoms with E-state index in [1.165, 1.54) is 12.8 Å². The van der Waals surface area contributed by atoms with E-state index in [4.69, 9.17) is 23.5 Å². The van der Waals surface area contributed by atoms with E-state index in [1.54, 1.807) is 0 Å². The summed E-state index contributed by atoms with van der Waals surface area (Å²) < 4.78 is 58.6. The largest absolute Gasteiger partial charge is 0.457 e. The van der Waals surface area contributed by atoms with E-state index in [0.717, 1.165) is 89.9 Å². The van der Waals surface area contributed by atoms with Crippen LogP contribution in [0.25, 0.3) is 0 Å². The van der Waals surface area contributed by atoms with Crippen molar-refractivity contribution in [1.29, 1.82) is 0 Å². The molecule has 6 unspecified atom stereocenters. The average molecular weight is 787 g/mol. The van der Waals surface area contributed by atoms with Gasteiger partial charge in [0.25, 0.3) is 0 Å². The molecule has 0 saturated carbocycles. The van der Waals surface area contributed by atoms with Crippen molar-refractivity contribution in [3.8, 4) is 0 Å². The van der Waals surface area contributed by atoms with Crippen LogP contribution in [0.5, 0.6) is 0 Å². The molecule has 0 aromatic carbocycles. The standard InChI is InChI=1S/C41H70O12S/c1-3-5-7-9-11-12-13-14-15-16-17-18-19-20-21-22-23-24-25-26-28-30-37(43)51-35(33-49-31-29-27-10-8-6-4-2)34-50-41-39(45)40(53-54(46,47)48)38(44)36(32-42)52-41/h5,7,11-12,14-15,17-18,20-21,35-36,38-42,44-45H,3-4,6,8-10,13,16,19,22-34H2,1-2H3,(H,46,47,48)/b7-5-,12-11-,15-14-,18-17-,21-20-. The summed E-state index contributed by atoms with van der Waals surface area (Å²) in [4.78, 5) is 12.7. The van der Waals surface area contributed by atoms with Gasteiger partial charge in [0.15, 0.2) is 6.29 Å². The molecule has 54 heavy (non-hydrogen) atoms. The minimum atomic E-state index is -5.06. The predicted molar refractivity (Wildman–Crippen MR) is 211 cm³/mol. The molecule has 0 spiro atoms. The maximum Gasteiger partial charge on any atom is 0.397 e. The molecule has 0 bridgehead atoms. The third-order valence-corrected chi connectivity index (χ3v) is 9.12. The molecule has 6 atom stereocenters. The second-order valence-corrected chi connectivity index (χ2v) is 14.5. The highest BCUT2D eigenvalue weighted by atomic mass is 32.3. The second-order valence-electron chi connectivity index (χ2n) is 13.5. The highest BCUT2D eigenvalue weighted by Crippen LogP contribution is 2.26. The Balaban J connectivity index is 2.40. The van der Waals surface area contributed by atoms with Crippen LogP contribution in [0.15, 0.2) is 60.8 Å². The topological polar surface area (TPSA) is 178 Å². The average Bonchev–Trinajstić information content (AvgIpc) is 3.14. The first-order chi connectivity index (χ1) is 26.1. The van der Waals surface area contributed by atoms with Gasteiger partial charge in [0.1, 0.15) is 30.5 Å². The van der Waals surface area contributed by atoms with Crippen molar-refractivity contribution in [2.45, 2.75) is 166 Å². The van der Waals surface area contributed by atoms with Crippen molar-refractivity contribution in [1.82, 2.24) is 0 Å². The fourth-order valence-electron chi connectivity index (χ4n) is 5.64. The van der Waals surface area contributed by atoms with Crippen molar-refractivity contribution < 1.29 is 56.2 Å². The third-order valence-electron chi connectivity index (χ3n) is 8.65. The molecule has 1 rings (SSSR count). The number of rotatable bonds is 33. The summed E-state index contributed by atoms with van der Waals surface area (Å²) >= 11 is 0. The predicted octanol–water partition coefficient (Wildman–Crippen LogP) is 7.40. The number of unbranched alkanes of at least 4 members (excludes halogenated alkanes) is 10. The minimum absolute atomic E-state index is 0.0241. The molecule has 0 amide bonds. The molecule has 0 aromatic rings. The second kappa shape index (κ2) is 33.0. The van der Waals surface area contributed by atoms with E-state index in [9.17, 15) is 28.5 Å². The van der Waals surface area contributed by atoms with Gasteiger partial charge in [-0.15, -0.1) is 0 Å². The first-order valence-corrected chi connectivity index (χ1v) is 21.4. The number of esters is 1. The Morgan fingerprint density at radius 1 is 0.722 bits per heavy atom. The van der Waals surface area contributed by atoms with Crippen LogP contribution < -0.4 is 0 Å². The van der Waals surface area contributed by atoms with Crippen molar-refractivity contribution in [2.75, 3.05) is 26.4 Å². The maximum atomic E-state index is 12.7. The summed E-state index contributed by atoms with van der Waals surface area (Å²) in [6.45, 7) is 3.75. The lowest BCUT2D eigenvalue weighted by atomic mass is 9.99. The van der Waals surface area contributed by atoms with E-state index in [0.29, 0.717) is 13.0 Å². The smallest absolute Gasteiger partial charge is 0.397 e. The fourth-order valence-corrected chi connectivity index (χ4v) is 6.15. The van der Waals surface area contributed by atoms with Gasteiger partial charge >= 0.3 is 16.4 Å². The highest BCUT2D eigenvalue weighted by Gasteiger charge is 2.48. The van der Waals surface area contributed by atoms with Gasteiger partial charge in [0.2, 0.25) is 0 Å². The number of allylic oxidation sites excluding steroid dienone is 10. The molecule has 0 aliphatic carbocycles. The lowest BCUT2D eigenvalue weighted by Gasteiger charge is -2.41. The van der Waals surface area contributed by atoms with Gasteiger partial charge in [-0.25, -0.2) is 4.18 Å². The van der Waals surface area contributed by atoms with Gasteiger partial charge in [-0.2, -0.15) is 8.42 Å². The van der Waals surface area contributed by atoms with Gasteiger partial charge < -0.3 is 34.3 Å². The summed E-state index contributed by atoms with van der Waals surface area (Å²) in [5.41, 5.74) is 0. The number of carbonyl (C=O) groups is 1. The van der Waals surface area contributed by atoms with Crippen LogP contribution >= 0.6 is 0 Å². The Hall–Kier alpha value is -2.20. The van der Waals surface area contributed by atoms with Crippen LogP contribution in [0.1, 0.15) is 129 Å².